The molecule has 0 unspecified atom stereocenters. The first kappa shape index (κ1) is 33.5. The maximum atomic E-state index is 2.43. The quantitative estimate of drug-likeness (QED) is 0.153. The van der Waals surface area contributed by atoms with Crippen LogP contribution in [0.4, 0.5) is 0 Å². The van der Waals surface area contributed by atoms with Crippen molar-refractivity contribution in [2.75, 3.05) is 0 Å². The molecule has 270 valence electrons. The molecule has 57 heavy (non-hydrogen) atoms. The molecule has 0 aliphatic heterocycles. The van der Waals surface area contributed by atoms with E-state index in [4.69, 9.17) is 0 Å². The second kappa shape index (κ2) is 13.4. The lowest BCUT2D eigenvalue weighted by Crippen LogP contribution is -2.28. The lowest BCUT2D eigenvalue weighted by molar-refractivity contribution is 0.766. The first-order chi connectivity index (χ1) is 28.3. The molecule has 0 atom stereocenters. The van der Waals surface area contributed by atoms with Crippen LogP contribution in [0.25, 0.3) is 38.6 Å². The summed E-state index contributed by atoms with van der Waals surface area (Å²) in [6.45, 7) is 0. The van der Waals surface area contributed by atoms with Gasteiger partial charge < -0.3 is 4.57 Å². The summed E-state index contributed by atoms with van der Waals surface area (Å²) in [5, 5.41) is 2.54. The summed E-state index contributed by atoms with van der Waals surface area (Å²) in [6, 6.07) is 88.0. The van der Waals surface area contributed by atoms with E-state index in [0.29, 0.717) is 0 Å². The molecular weight excluding hydrogens is 707 g/mol. The van der Waals surface area contributed by atoms with Gasteiger partial charge in [-0.15, -0.1) is 10.0 Å². The van der Waals surface area contributed by atoms with Crippen LogP contribution in [0.3, 0.4) is 0 Å². The van der Waals surface area contributed by atoms with Gasteiger partial charge in [-0.3, -0.25) is 0 Å². The van der Waals surface area contributed by atoms with E-state index in [1.54, 1.807) is 0 Å². The highest BCUT2D eigenvalue weighted by Crippen LogP contribution is 2.73. The van der Waals surface area contributed by atoms with Crippen molar-refractivity contribution in [1.29, 1.82) is 0 Å². The highest BCUT2D eigenvalue weighted by Gasteiger charge is 2.46. The fourth-order valence-corrected chi connectivity index (χ4v) is 13.6. The van der Waals surface area contributed by atoms with E-state index in [1.807, 2.05) is 0 Å². The van der Waals surface area contributed by atoms with Crippen molar-refractivity contribution in [3.8, 4) is 16.8 Å². The summed E-state index contributed by atoms with van der Waals surface area (Å²) < 4.78 is 2.41. The number of fused-ring (bicyclic) bond motifs is 6. The number of hydrogen-bond donors (Lipinski definition) is 0. The predicted octanol–water partition coefficient (Wildman–Crippen LogP) is 14.5. The molecule has 1 aliphatic rings. The number of rotatable bonds is 7. The topological polar surface area (TPSA) is 4.93 Å². The van der Waals surface area contributed by atoms with Crippen molar-refractivity contribution >= 4 is 31.8 Å². The van der Waals surface area contributed by atoms with Crippen molar-refractivity contribution in [2.45, 2.75) is 25.0 Å². The Morgan fingerprint density at radius 2 is 0.649 bits per heavy atom. The van der Waals surface area contributed by atoms with E-state index in [1.165, 1.54) is 74.8 Å². The van der Waals surface area contributed by atoms with Crippen molar-refractivity contribution in [3.63, 3.8) is 0 Å². The Hall–Kier alpha value is -6.87. The summed E-state index contributed by atoms with van der Waals surface area (Å²) in [5.74, 6) is 0. The van der Waals surface area contributed by atoms with Crippen molar-refractivity contribution < 1.29 is 0 Å². The monoisotopic (exact) mass is 745 g/mol. The van der Waals surface area contributed by atoms with Gasteiger partial charge in [0, 0.05) is 36.0 Å². The molecule has 2 heteroatoms. The molecule has 0 saturated heterocycles. The minimum absolute atomic E-state index is 0.519. The van der Waals surface area contributed by atoms with Gasteiger partial charge in [0.15, 0.2) is 0 Å². The van der Waals surface area contributed by atoms with E-state index < -0.39 is 15.4 Å². The Morgan fingerprint density at radius 3 is 1.11 bits per heavy atom. The van der Waals surface area contributed by atoms with Crippen LogP contribution in [-0.2, 0) is 5.41 Å². The van der Waals surface area contributed by atoms with Crippen molar-refractivity contribution in [1.82, 2.24) is 4.57 Å². The first-order valence-electron chi connectivity index (χ1n) is 19.7. The number of aromatic nitrogens is 1. The Labute approximate surface area is 335 Å². The van der Waals surface area contributed by atoms with Gasteiger partial charge in [0.2, 0.25) is 0 Å². The molecule has 11 rings (SSSR count). The summed E-state index contributed by atoms with van der Waals surface area (Å²) in [5.41, 5.74) is 10.8. The SMILES string of the molecule is c1ccc(S(c2ccccc2)(c2ccccc2)c2ccc(C3(c4ccc(-n5c6ccccc6c6ccccc65)cc4)c4ccccc4-c4ccccc43)cc2)cc1. The van der Waals surface area contributed by atoms with Gasteiger partial charge >= 0.3 is 0 Å². The number of benzene rings is 9. The van der Waals surface area contributed by atoms with Gasteiger partial charge in [-0.25, -0.2) is 0 Å². The van der Waals surface area contributed by atoms with E-state index in [2.05, 4.69) is 241 Å². The van der Waals surface area contributed by atoms with Gasteiger partial charge in [-0.05, 0) is 106 Å². The second-order valence-electron chi connectivity index (χ2n) is 14.8. The molecule has 1 aromatic heterocycles. The van der Waals surface area contributed by atoms with Crippen LogP contribution in [0.15, 0.2) is 256 Å². The Balaban J connectivity index is 1.15. The van der Waals surface area contributed by atoms with Gasteiger partial charge in [0.25, 0.3) is 0 Å². The van der Waals surface area contributed by atoms with Gasteiger partial charge in [-0.1, -0.05) is 164 Å². The average Bonchev–Trinajstić information content (AvgIpc) is 3.79. The molecule has 0 radical (unpaired) electrons. The second-order valence-corrected chi connectivity index (χ2v) is 17.9. The van der Waals surface area contributed by atoms with E-state index in [9.17, 15) is 0 Å². The third kappa shape index (κ3) is 4.91. The molecule has 0 N–H and O–H groups in total. The molecule has 0 saturated carbocycles. The number of hydrogen-bond acceptors (Lipinski definition) is 0. The van der Waals surface area contributed by atoms with Crippen molar-refractivity contribution in [3.05, 3.63) is 259 Å². The molecule has 1 aliphatic carbocycles. The molecule has 0 amide bonds. The smallest absolute Gasteiger partial charge is 0.0713 e. The number of para-hydroxylation sites is 2. The standard InChI is InChI=1S/C55H39NS/c1-4-18-43(19-5-1)57(44-20-6-2-7-21-44,45-22-8-3-9-23-45)46-38-34-41(35-39-46)55(51-28-14-10-24-47(51)48-25-11-15-29-52(48)55)40-32-36-42(37-33-40)56-53-30-16-12-26-49(53)50-27-13-17-31-54(50)56/h1-39H. The van der Waals surface area contributed by atoms with E-state index in [-0.39, 0.29) is 0 Å². The van der Waals surface area contributed by atoms with Crippen LogP contribution in [0.5, 0.6) is 0 Å². The zero-order valence-corrected chi connectivity index (χ0v) is 32.2. The number of nitrogens with zero attached hydrogens (tertiary/aromatic N) is 1. The van der Waals surface area contributed by atoms with Crippen LogP contribution in [0, 0.1) is 0 Å². The Bertz CT molecular complexity index is 2840. The zero-order chi connectivity index (χ0) is 37.8. The minimum Gasteiger partial charge on any atom is -0.309 e. The van der Waals surface area contributed by atoms with Crippen LogP contribution in [0.1, 0.15) is 22.3 Å². The third-order valence-corrected chi connectivity index (χ3v) is 15.9. The van der Waals surface area contributed by atoms with Gasteiger partial charge in [-0.2, -0.15) is 0 Å². The van der Waals surface area contributed by atoms with E-state index in [0.717, 1.165) is 5.69 Å². The highest BCUT2D eigenvalue weighted by atomic mass is 32.3. The molecule has 1 nitrogen and oxygen atoms in total. The molecule has 0 spiro atoms. The summed E-state index contributed by atoms with van der Waals surface area (Å²) >= 11 is 0. The van der Waals surface area contributed by atoms with Crippen molar-refractivity contribution in [2.24, 2.45) is 0 Å². The molecular formula is C55H39NS. The van der Waals surface area contributed by atoms with Crippen LogP contribution < -0.4 is 0 Å². The molecule has 9 aromatic carbocycles. The largest absolute Gasteiger partial charge is 0.309 e. The zero-order valence-electron chi connectivity index (χ0n) is 31.4. The molecule has 0 fully saturated rings. The first-order valence-corrected chi connectivity index (χ1v) is 21.3. The fraction of sp³-hybridized carbons (Fsp3) is 0.0182. The van der Waals surface area contributed by atoms with Crippen LogP contribution in [-0.4, -0.2) is 4.57 Å². The van der Waals surface area contributed by atoms with E-state index >= 15 is 0 Å². The lowest BCUT2D eigenvalue weighted by Gasteiger charge is -2.42. The van der Waals surface area contributed by atoms with Gasteiger partial charge in [0.1, 0.15) is 0 Å². The van der Waals surface area contributed by atoms with Gasteiger partial charge in [0.05, 0.1) is 16.4 Å². The summed E-state index contributed by atoms with van der Waals surface area (Å²) in [6.07, 6.45) is 0. The minimum atomic E-state index is -1.83. The maximum absolute atomic E-state index is 2.43. The lowest BCUT2D eigenvalue weighted by atomic mass is 9.68. The Kier molecular flexibility index (Phi) is 7.87. The predicted molar refractivity (Wildman–Crippen MR) is 238 cm³/mol. The summed E-state index contributed by atoms with van der Waals surface area (Å²) in [4.78, 5) is 5.28. The highest BCUT2D eigenvalue weighted by molar-refractivity contribution is 8.34. The van der Waals surface area contributed by atoms with Crippen LogP contribution in [0.2, 0.25) is 0 Å². The summed E-state index contributed by atoms with van der Waals surface area (Å²) in [7, 11) is -1.83. The average molecular weight is 746 g/mol. The third-order valence-electron chi connectivity index (χ3n) is 12.0. The fourth-order valence-electron chi connectivity index (χ4n) is 9.68. The Morgan fingerprint density at radius 1 is 0.298 bits per heavy atom. The normalized spacial score (nSPS) is 13.3. The molecule has 0 bridgehead atoms. The molecule has 1 heterocycles. The molecule has 10 aromatic rings. The maximum Gasteiger partial charge on any atom is 0.0713 e. The van der Waals surface area contributed by atoms with Crippen LogP contribution >= 0.6 is 10.0 Å².